The molecule has 1 heterocycles. The zero-order chi connectivity index (χ0) is 18.1. The Bertz CT molecular complexity index is 760. The topological polar surface area (TPSA) is 94.4 Å². The van der Waals surface area contributed by atoms with E-state index in [-0.39, 0.29) is 12.3 Å². The van der Waals surface area contributed by atoms with E-state index in [1.165, 1.54) is 24.3 Å². The molecule has 1 aromatic carbocycles. The lowest BCUT2D eigenvalue weighted by Gasteiger charge is -2.09. The number of nitro groups is 1. The molecule has 0 fully saturated rings. The Labute approximate surface area is 145 Å². The van der Waals surface area contributed by atoms with Crippen LogP contribution in [0.3, 0.4) is 0 Å². The van der Waals surface area contributed by atoms with Crippen LogP contribution in [0, 0.1) is 10.1 Å². The monoisotopic (exact) mass is 341 g/mol. The number of benzene rings is 1. The summed E-state index contributed by atoms with van der Waals surface area (Å²) in [6, 6.07) is 10.2. The summed E-state index contributed by atoms with van der Waals surface area (Å²) in [4.78, 5) is 26.2. The molecule has 0 amide bonds. The van der Waals surface area contributed by atoms with Crippen molar-refractivity contribution < 1.29 is 14.5 Å². The van der Waals surface area contributed by atoms with E-state index >= 15 is 0 Å². The highest BCUT2D eigenvalue weighted by Gasteiger charge is 2.09. The average Bonchev–Trinajstić information content (AvgIpc) is 2.61. The van der Waals surface area contributed by atoms with E-state index in [0.29, 0.717) is 24.2 Å². The van der Waals surface area contributed by atoms with Crippen molar-refractivity contribution in [3.05, 3.63) is 70.0 Å². The van der Waals surface area contributed by atoms with E-state index in [1.807, 2.05) is 18.2 Å². The molecule has 1 aromatic heterocycles. The first-order chi connectivity index (χ1) is 12.1. The minimum absolute atomic E-state index is 0.0428. The van der Waals surface area contributed by atoms with E-state index in [4.69, 9.17) is 4.74 Å². The van der Waals surface area contributed by atoms with Crippen molar-refractivity contribution in [2.75, 3.05) is 18.5 Å². The lowest BCUT2D eigenvalue weighted by molar-refractivity contribution is -0.384. The number of anilines is 1. The number of carbonyl (C=O) groups excluding carboxylic acids is 1. The summed E-state index contributed by atoms with van der Waals surface area (Å²) >= 11 is 0. The van der Waals surface area contributed by atoms with Crippen molar-refractivity contribution in [3.63, 3.8) is 0 Å². The highest BCUT2D eigenvalue weighted by atomic mass is 16.6. The largest absolute Gasteiger partial charge is 0.463 e. The fraction of sp³-hybridized carbons (Fsp3) is 0.222. The van der Waals surface area contributed by atoms with Gasteiger partial charge in [-0.3, -0.25) is 15.1 Å². The van der Waals surface area contributed by atoms with Gasteiger partial charge >= 0.3 is 5.97 Å². The molecular weight excluding hydrogens is 322 g/mol. The number of pyridine rings is 1. The molecule has 2 rings (SSSR count). The molecule has 1 N–H and O–H groups in total. The van der Waals surface area contributed by atoms with Crippen LogP contribution in [0.15, 0.2) is 48.7 Å². The van der Waals surface area contributed by atoms with Gasteiger partial charge in [-0.05, 0) is 31.2 Å². The van der Waals surface area contributed by atoms with Crippen molar-refractivity contribution in [1.82, 2.24) is 4.98 Å². The molecule has 2 aromatic rings. The summed E-state index contributed by atoms with van der Waals surface area (Å²) in [6.07, 6.45) is 5.20. The second kappa shape index (κ2) is 9.17. The third-order valence-corrected chi connectivity index (χ3v) is 3.35. The average molecular weight is 341 g/mol. The van der Waals surface area contributed by atoms with Gasteiger partial charge in [0.25, 0.3) is 5.69 Å². The molecule has 0 spiro atoms. The molecule has 0 atom stereocenters. The Balaban J connectivity index is 2.12. The number of carbonyl (C=O) groups is 1. The number of hydrogen-bond donors (Lipinski definition) is 1. The standard InChI is InChI=1S/C18H19N3O4/c1-2-25-18(22)9-6-14-13-16(21(23)24)7-8-17(14)20-12-10-15-5-3-4-11-19-15/h3-9,11,13,20H,2,10,12H2,1H3/b9-6+. The Morgan fingerprint density at radius 2 is 2.20 bits per heavy atom. The number of esters is 1. The van der Waals surface area contributed by atoms with Crippen LogP contribution in [0.5, 0.6) is 0 Å². The van der Waals surface area contributed by atoms with Crippen LogP contribution in [0.2, 0.25) is 0 Å². The van der Waals surface area contributed by atoms with Crippen molar-refractivity contribution in [1.29, 1.82) is 0 Å². The molecule has 0 aliphatic carbocycles. The minimum Gasteiger partial charge on any atom is -0.463 e. The maximum atomic E-state index is 11.5. The van der Waals surface area contributed by atoms with Gasteiger partial charge in [0.15, 0.2) is 0 Å². The molecule has 0 aliphatic heterocycles. The van der Waals surface area contributed by atoms with Crippen molar-refractivity contribution >= 4 is 23.4 Å². The fourth-order valence-electron chi connectivity index (χ4n) is 2.18. The van der Waals surface area contributed by atoms with Gasteiger partial charge in [0, 0.05) is 54.3 Å². The highest BCUT2D eigenvalue weighted by Crippen LogP contribution is 2.23. The molecule has 0 aliphatic rings. The second-order valence-electron chi connectivity index (χ2n) is 5.11. The van der Waals surface area contributed by atoms with Gasteiger partial charge in [0.05, 0.1) is 11.5 Å². The first-order valence-electron chi connectivity index (χ1n) is 7.87. The Morgan fingerprint density at radius 3 is 2.88 bits per heavy atom. The second-order valence-corrected chi connectivity index (χ2v) is 5.11. The summed E-state index contributed by atoms with van der Waals surface area (Å²) in [5, 5.41) is 14.2. The molecule has 0 bridgehead atoms. The predicted octanol–water partition coefficient (Wildman–Crippen LogP) is 3.22. The maximum Gasteiger partial charge on any atom is 0.330 e. The molecule has 0 unspecified atom stereocenters. The Kier molecular flexibility index (Phi) is 6.65. The van der Waals surface area contributed by atoms with Crippen molar-refractivity contribution in [2.45, 2.75) is 13.3 Å². The smallest absolute Gasteiger partial charge is 0.330 e. The Morgan fingerprint density at radius 1 is 1.36 bits per heavy atom. The van der Waals surface area contributed by atoms with Crippen LogP contribution < -0.4 is 5.32 Å². The number of nitrogens with one attached hydrogen (secondary N) is 1. The summed E-state index contributed by atoms with van der Waals surface area (Å²) in [5.74, 6) is -0.492. The fourth-order valence-corrected chi connectivity index (χ4v) is 2.18. The molecule has 0 radical (unpaired) electrons. The van der Waals surface area contributed by atoms with E-state index in [2.05, 4.69) is 10.3 Å². The minimum atomic E-state index is -0.492. The number of hydrogen-bond acceptors (Lipinski definition) is 6. The van der Waals surface area contributed by atoms with Crippen molar-refractivity contribution in [2.24, 2.45) is 0 Å². The summed E-state index contributed by atoms with van der Waals surface area (Å²) in [6.45, 7) is 2.59. The maximum absolute atomic E-state index is 11.5. The Hall–Kier alpha value is -3.22. The molecule has 7 nitrogen and oxygen atoms in total. The van der Waals surface area contributed by atoms with E-state index in [1.54, 1.807) is 19.2 Å². The SMILES string of the molecule is CCOC(=O)/C=C/c1cc([N+](=O)[O-])ccc1NCCc1ccccn1. The van der Waals surface area contributed by atoms with Gasteiger partial charge < -0.3 is 10.1 Å². The number of ether oxygens (including phenoxy) is 1. The van der Waals surface area contributed by atoms with Crippen molar-refractivity contribution in [3.8, 4) is 0 Å². The van der Waals surface area contributed by atoms with Crippen LogP contribution in [0.1, 0.15) is 18.2 Å². The predicted molar refractivity (Wildman–Crippen MR) is 95.2 cm³/mol. The highest BCUT2D eigenvalue weighted by molar-refractivity contribution is 5.88. The van der Waals surface area contributed by atoms with Crippen LogP contribution in [-0.2, 0) is 16.0 Å². The van der Waals surface area contributed by atoms with Gasteiger partial charge in [-0.25, -0.2) is 4.79 Å². The third-order valence-electron chi connectivity index (χ3n) is 3.35. The molecular formula is C18H19N3O4. The first-order valence-corrected chi connectivity index (χ1v) is 7.87. The number of non-ortho nitro benzene ring substituents is 1. The van der Waals surface area contributed by atoms with E-state index < -0.39 is 10.9 Å². The summed E-state index contributed by atoms with van der Waals surface area (Å²) in [7, 11) is 0. The lowest BCUT2D eigenvalue weighted by atomic mass is 10.1. The molecule has 25 heavy (non-hydrogen) atoms. The first kappa shape index (κ1) is 18.1. The third kappa shape index (κ3) is 5.72. The molecule has 0 saturated carbocycles. The zero-order valence-corrected chi connectivity index (χ0v) is 13.8. The number of aromatic nitrogens is 1. The summed E-state index contributed by atoms with van der Waals surface area (Å²) < 4.78 is 4.83. The normalized spacial score (nSPS) is 10.6. The van der Waals surface area contributed by atoms with Crippen LogP contribution in [-0.4, -0.2) is 29.0 Å². The van der Waals surface area contributed by atoms with Crippen LogP contribution >= 0.6 is 0 Å². The number of rotatable bonds is 8. The quantitative estimate of drug-likeness (QED) is 0.343. The van der Waals surface area contributed by atoms with E-state index in [9.17, 15) is 14.9 Å². The number of nitro benzene ring substituents is 1. The molecule has 130 valence electrons. The molecule has 0 saturated heterocycles. The zero-order valence-electron chi connectivity index (χ0n) is 13.8. The van der Waals surface area contributed by atoms with Gasteiger partial charge in [-0.2, -0.15) is 0 Å². The lowest BCUT2D eigenvalue weighted by Crippen LogP contribution is -2.07. The molecule has 7 heteroatoms. The van der Waals surface area contributed by atoms with Crippen LogP contribution in [0.4, 0.5) is 11.4 Å². The number of nitrogens with zero attached hydrogens (tertiary/aromatic N) is 2. The summed E-state index contributed by atoms with van der Waals surface area (Å²) in [5.41, 5.74) is 2.14. The van der Waals surface area contributed by atoms with Crippen LogP contribution in [0.25, 0.3) is 6.08 Å². The van der Waals surface area contributed by atoms with Gasteiger partial charge in [0.2, 0.25) is 0 Å². The van der Waals surface area contributed by atoms with Gasteiger partial charge in [0.1, 0.15) is 0 Å². The van der Waals surface area contributed by atoms with Gasteiger partial charge in [-0.15, -0.1) is 0 Å². The van der Waals surface area contributed by atoms with Gasteiger partial charge in [-0.1, -0.05) is 6.07 Å². The van der Waals surface area contributed by atoms with E-state index in [0.717, 1.165) is 5.69 Å².